The highest BCUT2D eigenvalue weighted by molar-refractivity contribution is 5.81. The summed E-state index contributed by atoms with van der Waals surface area (Å²) in [6, 6.07) is 0. The lowest BCUT2D eigenvalue weighted by Gasteiger charge is -1.90. The Morgan fingerprint density at radius 3 is 3.09 bits per heavy atom. The van der Waals surface area contributed by atoms with Gasteiger partial charge < -0.3 is 5.11 Å². The van der Waals surface area contributed by atoms with E-state index in [2.05, 4.69) is 6.92 Å². The van der Waals surface area contributed by atoms with Crippen LogP contribution >= 0.6 is 0 Å². The SMILES string of the molecule is CCCCC1CC1=CC(=O)O. The van der Waals surface area contributed by atoms with Crippen LogP contribution in [0.15, 0.2) is 11.6 Å². The van der Waals surface area contributed by atoms with Gasteiger partial charge in [-0.05, 0) is 18.8 Å². The Labute approximate surface area is 66.9 Å². The molecule has 0 saturated heterocycles. The molecule has 1 saturated carbocycles. The van der Waals surface area contributed by atoms with Gasteiger partial charge in [0.1, 0.15) is 0 Å². The number of allylic oxidation sites excluding steroid dienone is 1. The third kappa shape index (κ3) is 2.74. The maximum Gasteiger partial charge on any atom is 0.328 e. The molecule has 0 spiro atoms. The molecule has 1 aliphatic carbocycles. The van der Waals surface area contributed by atoms with Crippen LogP contribution < -0.4 is 0 Å². The van der Waals surface area contributed by atoms with E-state index in [-0.39, 0.29) is 0 Å². The first-order chi connectivity index (χ1) is 5.24. The molecule has 0 aromatic rings. The molecular formula is C9H14O2. The van der Waals surface area contributed by atoms with E-state index in [0.717, 1.165) is 12.0 Å². The molecule has 1 rings (SSSR count). The highest BCUT2D eigenvalue weighted by Crippen LogP contribution is 2.41. The van der Waals surface area contributed by atoms with Crippen molar-refractivity contribution in [3.05, 3.63) is 11.6 Å². The largest absolute Gasteiger partial charge is 0.478 e. The fourth-order valence-electron chi connectivity index (χ4n) is 1.30. The normalized spacial score (nSPS) is 25.5. The van der Waals surface area contributed by atoms with Gasteiger partial charge in [-0.25, -0.2) is 4.79 Å². The van der Waals surface area contributed by atoms with E-state index < -0.39 is 5.97 Å². The molecule has 0 aromatic carbocycles. The molecular weight excluding hydrogens is 140 g/mol. The zero-order chi connectivity index (χ0) is 8.27. The summed E-state index contributed by atoms with van der Waals surface area (Å²) in [5.74, 6) is -0.190. The maximum atomic E-state index is 10.2. The first kappa shape index (κ1) is 8.31. The lowest BCUT2D eigenvalue weighted by atomic mass is 10.2. The fraction of sp³-hybridized carbons (Fsp3) is 0.667. The number of aliphatic carboxylic acids is 1. The first-order valence-electron chi connectivity index (χ1n) is 4.17. The number of carboxylic acid groups (broad SMARTS) is 1. The van der Waals surface area contributed by atoms with Crippen molar-refractivity contribution in [2.75, 3.05) is 0 Å². The van der Waals surface area contributed by atoms with Crippen LogP contribution in [0, 0.1) is 5.92 Å². The van der Waals surface area contributed by atoms with Crippen molar-refractivity contribution in [3.8, 4) is 0 Å². The van der Waals surface area contributed by atoms with Crippen molar-refractivity contribution in [2.24, 2.45) is 5.92 Å². The lowest BCUT2D eigenvalue weighted by molar-refractivity contribution is -0.131. The predicted octanol–water partition coefficient (Wildman–Crippen LogP) is 2.21. The molecule has 2 heteroatoms. The first-order valence-corrected chi connectivity index (χ1v) is 4.17. The number of rotatable bonds is 4. The molecule has 11 heavy (non-hydrogen) atoms. The highest BCUT2D eigenvalue weighted by atomic mass is 16.4. The average Bonchev–Trinajstić information content (AvgIpc) is 2.62. The van der Waals surface area contributed by atoms with Gasteiger partial charge in [0, 0.05) is 6.08 Å². The van der Waals surface area contributed by atoms with E-state index >= 15 is 0 Å². The summed E-state index contributed by atoms with van der Waals surface area (Å²) in [6.07, 6.45) is 5.99. The van der Waals surface area contributed by atoms with Crippen LogP contribution in [0.1, 0.15) is 32.6 Å². The summed E-state index contributed by atoms with van der Waals surface area (Å²) in [6.45, 7) is 2.16. The molecule has 2 nitrogen and oxygen atoms in total. The molecule has 0 aliphatic heterocycles. The fourth-order valence-corrected chi connectivity index (χ4v) is 1.30. The second-order valence-corrected chi connectivity index (χ2v) is 3.10. The molecule has 1 fully saturated rings. The summed E-state index contributed by atoms with van der Waals surface area (Å²) >= 11 is 0. The van der Waals surface area contributed by atoms with Gasteiger partial charge in [0.25, 0.3) is 0 Å². The van der Waals surface area contributed by atoms with Gasteiger partial charge in [-0.15, -0.1) is 0 Å². The standard InChI is InChI=1S/C9H14O2/c1-2-3-4-7-5-8(7)6-9(10)11/h6-7H,2-5H2,1H3,(H,10,11). The molecule has 0 amide bonds. The highest BCUT2D eigenvalue weighted by Gasteiger charge is 2.28. The van der Waals surface area contributed by atoms with Gasteiger partial charge >= 0.3 is 5.97 Å². The Hall–Kier alpha value is -0.790. The second kappa shape index (κ2) is 3.56. The van der Waals surface area contributed by atoms with E-state index in [4.69, 9.17) is 5.11 Å². The third-order valence-corrected chi connectivity index (χ3v) is 2.06. The van der Waals surface area contributed by atoms with Gasteiger partial charge in [-0.1, -0.05) is 25.3 Å². The van der Waals surface area contributed by atoms with E-state index in [0.29, 0.717) is 5.92 Å². The Bertz CT molecular complexity index is 182. The second-order valence-electron chi connectivity index (χ2n) is 3.10. The van der Waals surface area contributed by atoms with Crippen molar-refractivity contribution >= 4 is 5.97 Å². The van der Waals surface area contributed by atoms with Gasteiger partial charge in [0.15, 0.2) is 0 Å². The lowest BCUT2D eigenvalue weighted by Crippen LogP contribution is -1.86. The number of unbranched alkanes of at least 4 members (excludes halogenated alkanes) is 1. The van der Waals surface area contributed by atoms with Gasteiger partial charge in [-0.2, -0.15) is 0 Å². The van der Waals surface area contributed by atoms with Crippen LogP contribution in [0.3, 0.4) is 0 Å². The minimum Gasteiger partial charge on any atom is -0.478 e. The number of carbonyl (C=O) groups is 1. The molecule has 0 bridgehead atoms. The van der Waals surface area contributed by atoms with Crippen molar-refractivity contribution < 1.29 is 9.90 Å². The molecule has 62 valence electrons. The Morgan fingerprint density at radius 2 is 2.55 bits per heavy atom. The van der Waals surface area contributed by atoms with Gasteiger partial charge in [-0.3, -0.25) is 0 Å². The molecule has 0 heterocycles. The summed E-state index contributed by atoms with van der Waals surface area (Å²) in [5, 5.41) is 8.39. The summed E-state index contributed by atoms with van der Waals surface area (Å²) in [4.78, 5) is 10.2. The Morgan fingerprint density at radius 1 is 1.82 bits per heavy atom. The average molecular weight is 154 g/mol. The van der Waals surface area contributed by atoms with Crippen molar-refractivity contribution in [2.45, 2.75) is 32.6 Å². The quantitative estimate of drug-likeness (QED) is 0.630. The van der Waals surface area contributed by atoms with Gasteiger partial charge in [0.2, 0.25) is 0 Å². The van der Waals surface area contributed by atoms with Gasteiger partial charge in [0.05, 0.1) is 0 Å². The zero-order valence-corrected chi connectivity index (χ0v) is 6.84. The molecule has 1 N–H and O–H groups in total. The Balaban J connectivity index is 2.20. The van der Waals surface area contributed by atoms with Crippen LogP contribution in [0.4, 0.5) is 0 Å². The summed E-state index contributed by atoms with van der Waals surface area (Å²) < 4.78 is 0. The molecule has 1 unspecified atom stereocenters. The number of carboxylic acids is 1. The minimum absolute atomic E-state index is 0.603. The Kier molecular flexibility index (Phi) is 2.69. The maximum absolute atomic E-state index is 10.2. The molecule has 1 atom stereocenters. The van der Waals surface area contributed by atoms with Crippen LogP contribution in [0.25, 0.3) is 0 Å². The van der Waals surface area contributed by atoms with Crippen LogP contribution in [-0.4, -0.2) is 11.1 Å². The predicted molar refractivity (Wildman–Crippen MR) is 43.4 cm³/mol. The summed E-state index contributed by atoms with van der Waals surface area (Å²) in [5.41, 5.74) is 1.13. The van der Waals surface area contributed by atoms with Crippen LogP contribution in [0.2, 0.25) is 0 Å². The molecule has 0 aromatic heterocycles. The van der Waals surface area contributed by atoms with E-state index in [9.17, 15) is 4.79 Å². The minimum atomic E-state index is -0.793. The van der Waals surface area contributed by atoms with Crippen molar-refractivity contribution in [3.63, 3.8) is 0 Å². The number of hydrogen-bond donors (Lipinski definition) is 1. The van der Waals surface area contributed by atoms with Crippen LogP contribution in [0.5, 0.6) is 0 Å². The number of hydrogen-bond acceptors (Lipinski definition) is 1. The monoisotopic (exact) mass is 154 g/mol. The van der Waals surface area contributed by atoms with Crippen molar-refractivity contribution in [1.82, 2.24) is 0 Å². The topological polar surface area (TPSA) is 37.3 Å². The third-order valence-electron chi connectivity index (χ3n) is 2.06. The molecule has 0 radical (unpaired) electrons. The van der Waals surface area contributed by atoms with E-state index in [1.165, 1.54) is 25.3 Å². The van der Waals surface area contributed by atoms with E-state index in [1.807, 2.05) is 0 Å². The van der Waals surface area contributed by atoms with Crippen LogP contribution in [-0.2, 0) is 4.79 Å². The molecule has 1 aliphatic rings. The van der Waals surface area contributed by atoms with E-state index in [1.54, 1.807) is 0 Å². The zero-order valence-electron chi connectivity index (χ0n) is 6.84. The smallest absolute Gasteiger partial charge is 0.328 e. The van der Waals surface area contributed by atoms with Crippen molar-refractivity contribution in [1.29, 1.82) is 0 Å². The summed E-state index contributed by atoms with van der Waals surface area (Å²) in [7, 11) is 0.